The molecule has 0 saturated heterocycles. The van der Waals surface area contributed by atoms with Gasteiger partial charge in [0, 0.05) is 18.4 Å². The zero-order chi connectivity index (χ0) is 15.7. The van der Waals surface area contributed by atoms with Gasteiger partial charge in [0.25, 0.3) is 0 Å². The highest BCUT2D eigenvalue weighted by molar-refractivity contribution is 5.90. The molecule has 118 valence electrons. The second-order valence-corrected chi connectivity index (χ2v) is 6.36. The van der Waals surface area contributed by atoms with Crippen LogP contribution >= 0.6 is 0 Å². The van der Waals surface area contributed by atoms with Gasteiger partial charge in [0.1, 0.15) is 5.82 Å². The van der Waals surface area contributed by atoms with Gasteiger partial charge in [-0.05, 0) is 37.2 Å². The van der Waals surface area contributed by atoms with Crippen LogP contribution in [0.5, 0.6) is 0 Å². The topological polar surface area (TPSA) is 97.0 Å². The van der Waals surface area contributed by atoms with Crippen molar-refractivity contribution in [2.45, 2.75) is 57.6 Å². The van der Waals surface area contributed by atoms with E-state index in [4.69, 9.17) is 5.73 Å². The lowest BCUT2D eigenvalue weighted by Gasteiger charge is -2.26. The van der Waals surface area contributed by atoms with Gasteiger partial charge in [-0.2, -0.15) is 0 Å². The lowest BCUT2D eigenvalue weighted by molar-refractivity contribution is 0.126. The first-order chi connectivity index (χ1) is 10.5. The van der Waals surface area contributed by atoms with Crippen LogP contribution in [0.25, 0.3) is 10.9 Å². The van der Waals surface area contributed by atoms with Gasteiger partial charge in [0.15, 0.2) is 0 Å². The van der Waals surface area contributed by atoms with Crippen molar-refractivity contribution >= 4 is 22.7 Å². The van der Waals surface area contributed by atoms with Gasteiger partial charge < -0.3 is 16.2 Å². The van der Waals surface area contributed by atoms with E-state index in [1.165, 1.54) is 0 Å². The number of nitrogen functional groups attached to an aromatic ring is 1. The Labute approximate surface area is 130 Å². The number of anilines is 2. The molecule has 0 aromatic carbocycles. The van der Waals surface area contributed by atoms with E-state index in [9.17, 15) is 5.11 Å². The van der Waals surface area contributed by atoms with E-state index in [-0.39, 0.29) is 6.10 Å². The number of aliphatic hydroxyl groups excluding tert-OH is 1. The number of fused-ring (bicyclic) bond motifs is 1. The predicted octanol–water partition coefficient (Wildman–Crippen LogP) is 2.45. The highest BCUT2D eigenvalue weighted by atomic mass is 16.3. The maximum Gasteiger partial charge on any atom is 0.223 e. The molecule has 0 atom stereocenters. The summed E-state index contributed by atoms with van der Waals surface area (Å²) in [6.45, 7) is 4.23. The van der Waals surface area contributed by atoms with Crippen molar-refractivity contribution in [3.8, 4) is 0 Å². The smallest absolute Gasteiger partial charge is 0.223 e. The van der Waals surface area contributed by atoms with Gasteiger partial charge >= 0.3 is 0 Å². The van der Waals surface area contributed by atoms with Crippen molar-refractivity contribution in [1.82, 2.24) is 15.0 Å². The summed E-state index contributed by atoms with van der Waals surface area (Å²) in [6.07, 6.45) is 6.94. The molecule has 0 spiro atoms. The minimum Gasteiger partial charge on any atom is -0.393 e. The summed E-state index contributed by atoms with van der Waals surface area (Å²) in [4.78, 5) is 13.3. The molecule has 0 bridgehead atoms. The summed E-state index contributed by atoms with van der Waals surface area (Å²) in [5.74, 6) is 1.41. The monoisotopic (exact) mass is 301 g/mol. The number of nitrogens with one attached hydrogen (secondary N) is 1. The number of rotatable bonds is 3. The summed E-state index contributed by atoms with van der Waals surface area (Å²) >= 11 is 0. The van der Waals surface area contributed by atoms with Crippen molar-refractivity contribution in [3.63, 3.8) is 0 Å². The standard InChI is InChI=1S/C16H23N5O/c1-9(2)12-7-18-15(17)13-8-19-16(21-14(12)13)20-10-3-5-11(22)6-4-10/h7-11,22H,3-6H2,1-2H3,(H2,17,18)(H,19,20,21). The van der Waals surface area contributed by atoms with Crippen LogP contribution in [-0.2, 0) is 0 Å². The molecule has 22 heavy (non-hydrogen) atoms. The third kappa shape index (κ3) is 2.97. The Balaban J connectivity index is 1.90. The Bertz CT molecular complexity index is 665. The van der Waals surface area contributed by atoms with Crippen molar-refractivity contribution in [2.24, 2.45) is 0 Å². The highest BCUT2D eigenvalue weighted by Gasteiger charge is 2.20. The van der Waals surface area contributed by atoms with E-state index in [1.54, 1.807) is 12.4 Å². The molecule has 1 saturated carbocycles. The molecule has 0 radical (unpaired) electrons. The molecule has 0 unspecified atom stereocenters. The lowest BCUT2D eigenvalue weighted by Crippen LogP contribution is -2.28. The number of pyridine rings is 1. The van der Waals surface area contributed by atoms with Crippen LogP contribution in [-0.4, -0.2) is 32.2 Å². The Morgan fingerprint density at radius 2 is 1.91 bits per heavy atom. The van der Waals surface area contributed by atoms with E-state index in [2.05, 4.69) is 34.1 Å². The molecular weight excluding hydrogens is 278 g/mol. The number of aliphatic hydroxyl groups is 1. The predicted molar refractivity (Wildman–Crippen MR) is 87.7 cm³/mol. The van der Waals surface area contributed by atoms with Crippen LogP contribution in [0.1, 0.15) is 51.0 Å². The Morgan fingerprint density at radius 3 is 2.59 bits per heavy atom. The Hall–Kier alpha value is -1.95. The third-order valence-electron chi connectivity index (χ3n) is 4.33. The molecule has 6 nitrogen and oxygen atoms in total. The minimum absolute atomic E-state index is 0.158. The van der Waals surface area contributed by atoms with E-state index in [1.807, 2.05) is 0 Å². The molecule has 1 aliphatic carbocycles. The molecule has 2 heterocycles. The van der Waals surface area contributed by atoms with Crippen LogP contribution in [0, 0.1) is 0 Å². The molecule has 6 heteroatoms. The number of nitrogens with two attached hydrogens (primary N) is 1. The van der Waals surface area contributed by atoms with Gasteiger partial charge in [-0.15, -0.1) is 0 Å². The van der Waals surface area contributed by atoms with Gasteiger partial charge in [-0.25, -0.2) is 15.0 Å². The van der Waals surface area contributed by atoms with Crippen molar-refractivity contribution in [3.05, 3.63) is 18.0 Å². The van der Waals surface area contributed by atoms with Crippen molar-refractivity contribution in [2.75, 3.05) is 11.1 Å². The van der Waals surface area contributed by atoms with Gasteiger partial charge in [-0.1, -0.05) is 13.8 Å². The van der Waals surface area contributed by atoms with Crippen LogP contribution in [0.2, 0.25) is 0 Å². The molecule has 3 rings (SSSR count). The fraction of sp³-hybridized carbons (Fsp3) is 0.562. The zero-order valence-corrected chi connectivity index (χ0v) is 13.1. The van der Waals surface area contributed by atoms with E-state index >= 15 is 0 Å². The molecule has 1 aliphatic rings. The summed E-state index contributed by atoms with van der Waals surface area (Å²) in [5.41, 5.74) is 7.88. The highest BCUT2D eigenvalue weighted by Crippen LogP contribution is 2.27. The maximum absolute atomic E-state index is 9.58. The second kappa shape index (κ2) is 6.04. The number of hydrogen-bond donors (Lipinski definition) is 3. The van der Waals surface area contributed by atoms with E-state index < -0.39 is 0 Å². The molecule has 0 aliphatic heterocycles. The lowest BCUT2D eigenvalue weighted by atomic mass is 9.93. The van der Waals surface area contributed by atoms with Gasteiger partial charge in [0.05, 0.1) is 17.0 Å². The molecule has 0 amide bonds. The fourth-order valence-corrected chi connectivity index (χ4v) is 2.95. The zero-order valence-electron chi connectivity index (χ0n) is 13.1. The van der Waals surface area contributed by atoms with E-state index in [0.29, 0.717) is 23.7 Å². The van der Waals surface area contributed by atoms with Crippen LogP contribution in [0.3, 0.4) is 0 Å². The Kier molecular flexibility index (Phi) is 4.11. The minimum atomic E-state index is -0.158. The third-order valence-corrected chi connectivity index (χ3v) is 4.33. The van der Waals surface area contributed by atoms with Crippen molar-refractivity contribution in [1.29, 1.82) is 0 Å². The largest absolute Gasteiger partial charge is 0.393 e. The van der Waals surface area contributed by atoms with E-state index in [0.717, 1.165) is 42.1 Å². The van der Waals surface area contributed by atoms with Gasteiger partial charge in [-0.3, -0.25) is 0 Å². The number of aromatic nitrogens is 3. The summed E-state index contributed by atoms with van der Waals surface area (Å²) in [5, 5.41) is 13.8. The Morgan fingerprint density at radius 1 is 1.18 bits per heavy atom. The first-order valence-electron chi connectivity index (χ1n) is 7.90. The van der Waals surface area contributed by atoms with Crippen LogP contribution in [0.15, 0.2) is 12.4 Å². The fourth-order valence-electron chi connectivity index (χ4n) is 2.95. The quantitative estimate of drug-likeness (QED) is 0.805. The van der Waals surface area contributed by atoms with Crippen LogP contribution < -0.4 is 11.1 Å². The van der Waals surface area contributed by atoms with Crippen LogP contribution in [0.4, 0.5) is 11.8 Å². The maximum atomic E-state index is 9.58. The molecule has 4 N–H and O–H groups in total. The second-order valence-electron chi connectivity index (χ2n) is 6.36. The first kappa shape index (κ1) is 15.0. The average molecular weight is 301 g/mol. The summed E-state index contributed by atoms with van der Waals surface area (Å²) < 4.78 is 0. The SMILES string of the molecule is CC(C)c1cnc(N)c2cnc(NC3CCC(O)CC3)nc12. The summed E-state index contributed by atoms with van der Waals surface area (Å²) in [7, 11) is 0. The normalized spacial score (nSPS) is 22.2. The molecular formula is C16H23N5O. The summed E-state index contributed by atoms with van der Waals surface area (Å²) in [6, 6.07) is 0.322. The van der Waals surface area contributed by atoms with Gasteiger partial charge in [0.2, 0.25) is 5.95 Å². The molecule has 2 aromatic rings. The molecule has 2 aromatic heterocycles. The van der Waals surface area contributed by atoms with Crippen molar-refractivity contribution < 1.29 is 5.11 Å². The molecule has 1 fully saturated rings. The number of nitrogens with zero attached hydrogens (tertiary/aromatic N) is 3. The first-order valence-corrected chi connectivity index (χ1v) is 7.90. The average Bonchev–Trinajstić information content (AvgIpc) is 2.49. The number of hydrogen-bond acceptors (Lipinski definition) is 6.